The van der Waals surface area contributed by atoms with Crippen LogP contribution in [0.25, 0.3) is 0 Å². The third-order valence-electron chi connectivity index (χ3n) is 3.87. The van der Waals surface area contributed by atoms with Crippen molar-refractivity contribution in [2.45, 2.75) is 57.3 Å². The molecule has 0 aliphatic carbocycles. The standard InChI is InChI=1S/C15H20BrClO2/c1-13(2)9-15(18,14(3,4)19-13)8-10-5-6-11(16)7-12(10)17/h5-7,18H,8-9H2,1-4H3. The highest BCUT2D eigenvalue weighted by molar-refractivity contribution is 9.10. The molecule has 19 heavy (non-hydrogen) atoms. The number of benzene rings is 1. The van der Waals surface area contributed by atoms with Gasteiger partial charge in [0.1, 0.15) is 0 Å². The minimum absolute atomic E-state index is 0.319. The van der Waals surface area contributed by atoms with Crippen LogP contribution in [0.3, 0.4) is 0 Å². The molecule has 106 valence electrons. The Hall–Kier alpha value is -0.0900. The molecule has 1 heterocycles. The molecule has 0 amide bonds. The predicted molar refractivity (Wildman–Crippen MR) is 81.7 cm³/mol. The Morgan fingerprint density at radius 2 is 1.95 bits per heavy atom. The zero-order chi connectivity index (χ0) is 14.5. The second kappa shape index (κ2) is 4.73. The van der Waals surface area contributed by atoms with Crippen LogP contribution in [0.1, 0.15) is 39.7 Å². The minimum atomic E-state index is -0.909. The fourth-order valence-electron chi connectivity index (χ4n) is 2.99. The summed E-state index contributed by atoms with van der Waals surface area (Å²) < 4.78 is 6.93. The van der Waals surface area contributed by atoms with E-state index in [0.29, 0.717) is 17.9 Å². The second-order valence-corrected chi connectivity index (χ2v) is 7.82. The molecule has 2 rings (SSSR count). The van der Waals surface area contributed by atoms with Crippen LogP contribution in [-0.2, 0) is 11.2 Å². The monoisotopic (exact) mass is 346 g/mol. The van der Waals surface area contributed by atoms with Crippen molar-refractivity contribution in [3.05, 3.63) is 33.3 Å². The topological polar surface area (TPSA) is 29.5 Å². The van der Waals surface area contributed by atoms with Gasteiger partial charge in [-0.3, -0.25) is 0 Å². The molecule has 1 unspecified atom stereocenters. The van der Waals surface area contributed by atoms with Crippen molar-refractivity contribution in [1.82, 2.24) is 0 Å². The van der Waals surface area contributed by atoms with Crippen molar-refractivity contribution in [1.29, 1.82) is 0 Å². The Kier molecular flexibility index (Phi) is 3.81. The Bertz CT molecular complexity index is 499. The van der Waals surface area contributed by atoms with Gasteiger partial charge in [0.05, 0.1) is 16.8 Å². The van der Waals surface area contributed by atoms with Gasteiger partial charge < -0.3 is 9.84 Å². The van der Waals surface area contributed by atoms with Gasteiger partial charge in [0.25, 0.3) is 0 Å². The van der Waals surface area contributed by atoms with Crippen LogP contribution in [0, 0.1) is 0 Å². The maximum Gasteiger partial charge on any atom is 0.0998 e. The van der Waals surface area contributed by atoms with E-state index >= 15 is 0 Å². The second-order valence-electron chi connectivity index (χ2n) is 6.49. The van der Waals surface area contributed by atoms with E-state index in [9.17, 15) is 5.11 Å². The first-order chi connectivity index (χ1) is 8.55. The molecule has 1 aliphatic rings. The van der Waals surface area contributed by atoms with Gasteiger partial charge in [0.2, 0.25) is 0 Å². The third-order valence-corrected chi connectivity index (χ3v) is 4.71. The van der Waals surface area contributed by atoms with Gasteiger partial charge >= 0.3 is 0 Å². The number of hydrogen-bond donors (Lipinski definition) is 1. The Labute approximate surface area is 128 Å². The minimum Gasteiger partial charge on any atom is -0.386 e. The quantitative estimate of drug-likeness (QED) is 0.861. The summed E-state index contributed by atoms with van der Waals surface area (Å²) >= 11 is 9.64. The highest BCUT2D eigenvalue weighted by atomic mass is 79.9. The average Bonchev–Trinajstić information content (AvgIpc) is 2.35. The lowest BCUT2D eigenvalue weighted by molar-refractivity contribution is -0.125. The fourth-order valence-corrected chi connectivity index (χ4v) is 3.73. The Morgan fingerprint density at radius 3 is 2.42 bits per heavy atom. The van der Waals surface area contributed by atoms with Crippen LogP contribution in [0.4, 0.5) is 0 Å². The molecule has 1 aromatic carbocycles. The Balaban J connectivity index is 2.31. The number of aliphatic hydroxyl groups is 1. The van der Waals surface area contributed by atoms with Gasteiger partial charge in [-0.2, -0.15) is 0 Å². The van der Waals surface area contributed by atoms with E-state index in [1.165, 1.54) is 0 Å². The van der Waals surface area contributed by atoms with Crippen LogP contribution in [0.2, 0.25) is 5.02 Å². The number of rotatable bonds is 2. The third kappa shape index (κ3) is 2.99. The predicted octanol–water partition coefficient (Wildman–Crippen LogP) is 4.35. The van der Waals surface area contributed by atoms with E-state index in [0.717, 1.165) is 10.0 Å². The largest absolute Gasteiger partial charge is 0.386 e. The molecule has 0 saturated carbocycles. The van der Waals surface area contributed by atoms with Crippen LogP contribution < -0.4 is 0 Å². The van der Waals surface area contributed by atoms with Crippen molar-refractivity contribution < 1.29 is 9.84 Å². The molecule has 0 radical (unpaired) electrons. The summed E-state index contributed by atoms with van der Waals surface area (Å²) in [5.41, 5.74) is -0.872. The van der Waals surface area contributed by atoms with Gasteiger partial charge in [0.15, 0.2) is 0 Å². The van der Waals surface area contributed by atoms with Crippen LogP contribution in [0.15, 0.2) is 22.7 Å². The maximum atomic E-state index is 11.0. The van der Waals surface area contributed by atoms with E-state index in [1.54, 1.807) is 0 Å². The molecule has 1 aliphatic heterocycles. The number of halogens is 2. The molecule has 1 atom stereocenters. The molecular formula is C15H20BrClO2. The van der Waals surface area contributed by atoms with Crippen LogP contribution in [0.5, 0.6) is 0 Å². The zero-order valence-electron chi connectivity index (χ0n) is 11.8. The summed E-state index contributed by atoms with van der Waals surface area (Å²) in [6, 6.07) is 5.75. The number of hydrogen-bond acceptors (Lipinski definition) is 2. The maximum absolute atomic E-state index is 11.0. The van der Waals surface area contributed by atoms with Crippen molar-refractivity contribution in [3.8, 4) is 0 Å². The summed E-state index contributed by atoms with van der Waals surface area (Å²) in [6.07, 6.45) is 1.09. The van der Waals surface area contributed by atoms with Crippen molar-refractivity contribution >= 4 is 27.5 Å². The molecule has 0 aromatic heterocycles. The normalized spacial score (nSPS) is 28.6. The average molecular weight is 348 g/mol. The lowest BCUT2D eigenvalue weighted by atomic mass is 9.78. The van der Waals surface area contributed by atoms with Crippen LogP contribution >= 0.6 is 27.5 Å². The van der Waals surface area contributed by atoms with E-state index in [-0.39, 0.29) is 5.60 Å². The van der Waals surface area contributed by atoms with Gasteiger partial charge in [-0.05, 0) is 45.4 Å². The van der Waals surface area contributed by atoms with E-state index < -0.39 is 11.2 Å². The van der Waals surface area contributed by atoms with E-state index in [2.05, 4.69) is 15.9 Å². The SMILES string of the molecule is CC1(C)CC(O)(Cc2ccc(Br)cc2Cl)C(C)(C)O1. The lowest BCUT2D eigenvalue weighted by Gasteiger charge is -2.35. The summed E-state index contributed by atoms with van der Waals surface area (Å²) in [5.74, 6) is 0. The molecule has 1 saturated heterocycles. The summed E-state index contributed by atoms with van der Waals surface area (Å²) in [6.45, 7) is 7.90. The number of ether oxygens (including phenoxy) is 1. The molecule has 1 N–H and O–H groups in total. The highest BCUT2D eigenvalue weighted by Gasteiger charge is 2.56. The Morgan fingerprint density at radius 1 is 1.32 bits per heavy atom. The van der Waals surface area contributed by atoms with Crippen molar-refractivity contribution in [3.63, 3.8) is 0 Å². The molecule has 4 heteroatoms. The van der Waals surface area contributed by atoms with Gasteiger partial charge in [-0.1, -0.05) is 33.6 Å². The molecule has 1 aromatic rings. The first-order valence-electron chi connectivity index (χ1n) is 6.41. The van der Waals surface area contributed by atoms with Crippen LogP contribution in [-0.4, -0.2) is 21.9 Å². The smallest absolute Gasteiger partial charge is 0.0998 e. The van der Waals surface area contributed by atoms with Gasteiger partial charge in [-0.15, -0.1) is 0 Å². The summed E-state index contributed by atoms with van der Waals surface area (Å²) in [4.78, 5) is 0. The molecule has 0 bridgehead atoms. The van der Waals surface area contributed by atoms with Crippen molar-refractivity contribution in [2.75, 3.05) is 0 Å². The van der Waals surface area contributed by atoms with Gasteiger partial charge in [-0.25, -0.2) is 0 Å². The van der Waals surface area contributed by atoms with Crippen molar-refractivity contribution in [2.24, 2.45) is 0 Å². The lowest BCUT2D eigenvalue weighted by Crippen LogP contribution is -2.48. The highest BCUT2D eigenvalue weighted by Crippen LogP contribution is 2.47. The molecule has 0 spiro atoms. The molecular weight excluding hydrogens is 328 g/mol. The van der Waals surface area contributed by atoms with E-state index in [4.69, 9.17) is 16.3 Å². The fraction of sp³-hybridized carbons (Fsp3) is 0.600. The molecule has 2 nitrogen and oxygen atoms in total. The van der Waals surface area contributed by atoms with Gasteiger partial charge in [0, 0.05) is 22.3 Å². The summed E-state index contributed by atoms with van der Waals surface area (Å²) in [7, 11) is 0. The van der Waals surface area contributed by atoms with E-state index in [1.807, 2.05) is 45.9 Å². The zero-order valence-corrected chi connectivity index (χ0v) is 14.1. The molecule has 1 fully saturated rings. The summed E-state index contributed by atoms with van der Waals surface area (Å²) in [5, 5.41) is 11.7. The first-order valence-corrected chi connectivity index (χ1v) is 7.58. The first kappa shape index (κ1) is 15.3.